The number of ether oxygens (including phenoxy) is 2. The molecule has 2 aromatic heterocycles. The molecule has 1 aliphatic rings. The summed E-state index contributed by atoms with van der Waals surface area (Å²) in [6.45, 7) is -0.195. The fourth-order valence-electron chi connectivity index (χ4n) is 2.89. The van der Waals surface area contributed by atoms with Crippen LogP contribution in [0.5, 0.6) is 11.5 Å². The van der Waals surface area contributed by atoms with E-state index in [-0.39, 0.29) is 25.6 Å². The highest BCUT2D eigenvalue weighted by Gasteiger charge is 2.37. The Kier molecular flexibility index (Phi) is 4.72. The second-order valence-corrected chi connectivity index (χ2v) is 6.38. The second kappa shape index (κ2) is 7.24. The first-order valence-electron chi connectivity index (χ1n) is 8.68. The number of hydrogen-bond donors (Lipinski definition) is 2. The first-order chi connectivity index (χ1) is 14.2. The fraction of sp³-hybridized carbons (Fsp3) is 0.294. The molecule has 0 fully saturated rings. The van der Waals surface area contributed by atoms with Crippen LogP contribution in [0.3, 0.4) is 0 Å². The molecular weight excluding hydrogens is 409 g/mol. The Morgan fingerprint density at radius 1 is 1.27 bits per heavy atom. The lowest BCUT2D eigenvalue weighted by atomic mass is 10.1. The van der Waals surface area contributed by atoms with E-state index in [1.165, 1.54) is 6.07 Å². The van der Waals surface area contributed by atoms with Crippen molar-refractivity contribution in [2.24, 2.45) is 7.05 Å². The zero-order valence-electron chi connectivity index (χ0n) is 15.5. The quantitative estimate of drug-likeness (QED) is 0.635. The van der Waals surface area contributed by atoms with Gasteiger partial charge in [0.1, 0.15) is 5.69 Å². The number of aromatic amines is 1. The normalized spacial score (nSPS) is 12.9. The number of carbonyl (C=O) groups excluding carboxylic acids is 1. The van der Waals surface area contributed by atoms with Crippen molar-refractivity contribution in [2.45, 2.75) is 12.7 Å². The molecule has 0 radical (unpaired) electrons. The molecule has 3 aromatic rings. The Balaban J connectivity index is 1.39. The molecule has 13 heteroatoms. The van der Waals surface area contributed by atoms with E-state index in [0.717, 1.165) is 7.05 Å². The lowest BCUT2D eigenvalue weighted by Crippen LogP contribution is -2.32. The number of nitrogens with one attached hydrogen (secondary N) is 2. The third-order valence-corrected chi connectivity index (χ3v) is 4.39. The van der Waals surface area contributed by atoms with Gasteiger partial charge < -0.3 is 14.8 Å². The number of amides is 1. The van der Waals surface area contributed by atoms with Crippen LogP contribution in [-0.2, 0) is 19.8 Å². The van der Waals surface area contributed by atoms with Crippen molar-refractivity contribution in [1.82, 2.24) is 29.9 Å². The van der Waals surface area contributed by atoms with E-state index in [0.29, 0.717) is 32.0 Å². The van der Waals surface area contributed by atoms with Crippen LogP contribution in [0.15, 0.2) is 29.1 Å². The van der Waals surface area contributed by atoms with Gasteiger partial charge in [-0.1, -0.05) is 0 Å². The minimum atomic E-state index is -4.75. The number of fused-ring (bicyclic) bond motifs is 1. The number of hydrogen-bond acceptors (Lipinski definition) is 6. The Labute approximate surface area is 166 Å². The third kappa shape index (κ3) is 3.60. The van der Waals surface area contributed by atoms with Gasteiger partial charge in [-0.3, -0.25) is 14.5 Å². The summed E-state index contributed by atoms with van der Waals surface area (Å²) in [5, 5.41) is 12.4. The summed E-state index contributed by atoms with van der Waals surface area (Å²) in [7, 11) is 0.982. The van der Waals surface area contributed by atoms with Gasteiger partial charge in [0, 0.05) is 19.2 Å². The molecule has 30 heavy (non-hydrogen) atoms. The standard InChI is InChI=1S/C17H15F3N6O4/c1-25-15(17(18,19)20)24-26(16(25)28)5-4-21-14(27)11-7-10(22-23-11)9-2-3-12-13(6-9)30-8-29-12/h2-3,6-7H,4-5,8H2,1H3,(H,21,27)(H,22,23). The summed E-state index contributed by atoms with van der Waals surface area (Å²) < 4.78 is 50.0. The Morgan fingerprint density at radius 3 is 2.77 bits per heavy atom. The molecule has 0 saturated heterocycles. The fourth-order valence-corrected chi connectivity index (χ4v) is 2.89. The first kappa shape index (κ1) is 19.5. The lowest BCUT2D eigenvalue weighted by molar-refractivity contribution is -0.147. The molecule has 0 spiro atoms. The summed E-state index contributed by atoms with van der Waals surface area (Å²) in [6, 6.07) is 6.73. The molecule has 4 rings (SSSR count). The topological polar surface area (TPSA) is 116 Å². The molecular formula is C17H15F3N6O4. The van der Waals surface area contributed by atoms with Crippen LogP contribution in [-0.4, -0.2) is 43.8 Å². The molecule has 0 atom stereocenters. The maximum atomic E-state index is 12.8. The summed E-state index contributed by atoms with van der Waals surface area (Å²) in [5.74, 6) is -0.651. The first-order valence-corrected chi connectivity index (χ1v) is 8.68. The van der Waals surface area contributed by atoms with Crippen molar-refractivity contribution in [3.05, 3.63) is 46.3 Å². The minimum absolute atomic E-state index is 0.106. The van der Waals surface area contributed by atoms with E-state index in [1.807, 2.05) is 0 Å². The number of carbonyl (C=O) groups is 1. The zero-order chi connectivity index (χ0) is 21.5. The SMILES string of the molecule is Cn1c(C(F)(F)F)nn(CCNC(=O)c2cc(-c3ccc4c(c3)OCO4)n[nH]2)c1=O. The van der Waals surface area contributed by atoms with Crippen molar-refractivity contribution >= 4 is 5.91 Å². The van der Waals surface area contributed by atoms with E-state index >= 15 is 0 Å². The summed E-state index contributed by atoms with van der Waals surface area (Å²) in [5.41, 5.74) is 0.415. The van der Waals surface area contributed by atoms with Gasteiger partial charge >= 0.3 is 11.9 Å². The van der Waals surface area contributed by atoms with Crippen LogP contribution in [0.4, 0.5) is 13.2 Å². The highest BCUT2D eigenvalue weighted by Crippen LogP contribution is 2.35. The number of halogens is 3. The summed E-state index contributed by atoms with van der Waals surface area (Å²) in [4.78, 5) is 24.1. The summed E-state index contributed by atoms with van der Waals surface area (Å²) >= 11 is 0. The molecule has 1 amide bonds. The second-order valence-electron chi connectivity index (χ2n) is 6.38. The van der Waals surface area contributed by atoms with E-state index < -0.39 is 23.6 Å². The van der Waals surface area contributed by atoms with Crippen molar-refractivity contribution in [2.75, 3.05) is 13.3 Å². The highest BCUT2D eigenvalue weighted by atomic mass is 19.4. The van der Waals surface area contributed by atoms with Gasteiger partial charge in [0.15, 0.2) is 11.5 Å². The molecule has 2 N–H and O–H groups in total. The third-order valence-electron chi connectivity index (χ3n) is 4.39. The molecule has 0 aliphatic carbocycles. The number of aromatic nitrogens is 5. The monoisotopic (exact) mass is 424 g/mol. The van der Waals surface area contributed by atoms with Crippen molar-refractivity contribution in [3.8, 4) is 22.8 Å². The molecule has 0 unspecified atom stereocenters. The van der Waals surface area contributed by atoms with Gasteiger partial charge in [0.05, 0.1) is 12.2 Å². The molecule has 0 bridgehead atoms. The Morgan fingerprint density at radius 2 is 2.03 bits per heavy atom. The number of nitrogens with zero attached hydrogens (tertiary/aromatic N) is 4. The minimum Gasteiger partial charge on any atom is -0.454 e. The van der Waals surface area contributed by atoms with E-state index in [2.05, 4.69) is 20.6 Å². The van der Waals surface area contributed by atoms with Crippen molar-refractivity contribution < 1.29 is 27.4 Å². The van der Waals surface area contributed by atoms with Crippen LogP contribution in [0, 0.1) is 0 Å². The van der Waals surface area contributed by atoms with Crippen molar-refractivity contribution in [1.29, 1.82) is 0 Å². The van der Waals surface area contributed by atoms with E-state index in [1.54, 1.807) is 18.2 Å². The molecule has 0 saturated carbocycles. The van der Waals surface area contributed by atoms with Gasteiger partial charge in [-0.15, -0.1) is 5.10 Å². The molecule has 158 valence electrons. The number of rotatable bonds is 5. The smallest absolute Gasteiger partial charge is 0.451 e. The van der Waals surface area contributed by atoms with Gasteiger partial charge in [-0.25, -0.2) is 9.48 Å². The van der Waals surface area contributed by atoms with E-state index in [4.69, 9.17) is 9.47 Å². The lowest BCUT2D eigenvalue weighted by Gasteiger charge is -2.03. The van der Waals surface area contributed by atoms with E-state index in [9.17, 15) is 22.8 Å². The van der Waals surface area contributed by atoms with Crippen molar-refractivity contribution in [3.63, 3.8) is 0 Å². The van der Waals surface area contributed by atoms with Gasteiger partial charge in [-0.05, 0) is 24.3 Å². The molecule has 1 aromatic carbocycles. The van der Waals surface area contributed by atoms with Gasteiger partial charge in [-0.2, -0.15) is 18.3 Å². The molecule has 1 aliphatic heterocycles. The Hall–Kier alpha value is -3.77. The number of H-pyrrole nitrogens is 1. The van der Waals surface area contributed by atoms with Gasteiger partial charge in [0.25, 0.3) is 5.91 Å². The van der Waals surface area contributed by atoms with Crippen LogP contribution >= 0.6 is 0 Å². The predicted octanol–water partition coefficient (Wildman–Crippen LogP) is 1.15. The number of benzene rings is 1. The Bertz CT molecular complexity index is 1160. The number of alkyl halides is 3. The zero-order valence-corrected chi connectivity index (χ0v) is 15.5. The van der Waals surface area contributed by atoms with Gasteiger partial charge in [0.2, 0.25) is 12.6 Å². The maximum absolute atomic E-state index is 12.8. The predicted molar refractivity (Wildman–Crippen MR) is 94.9 cm³/mol. The van der Waals surface area contributed by atoms with Crippen LogP contribution in [0.2, 0.25) is 0 Å². The molecule has 3 heterocycles. The van der Waals surface area contributed by atoms with Crippen LogP contribution < -0.4 is 20.5 Å². The average Bonchev–Trinajstić information content (AvgIpc) is 3.42. The van der Waals surface area contributed by atoms with Crippen LogP contribution in [0.25, 0.3) is 11.3 Å². The maximum Gasteiger partial charge on any atom is 0.451 e. The molecule has 10 nitrogen and oxygen atoms in total. The van der Waals surface area contributed by atoms with Crippen LogP contribution in [0.1, 0.15) is 16.3 Å². The highest BCUT2D eigenvalue weighted by molar-refractivity contribution is 5.93. The largest absolute Gasteiger partial charge is 0.454 e. The average molecular weight is 424 g/mol. The summed E-state index contributed by atoms with van der Waals surface area (Å²) in [6.07, 6.45) is -4.75.